The molecule has 2 aromatic heterocycles. The van der Waals surface area contributed by atoms with Gasteiger partial charge >= 0.3 is 11.9 Å². The van der Waals surface area contributed by atoms with E-state index in [0.717, 1.165) is 0 Å². The third-order valence-corrected chi connectivity index (χ3v) is 9.04. The van der Waals surface area contributed by atoms with Crippen LogP contribution < -0.4 is 11.1 Å². The molecule has 4 atom stereocenters. The van der Waals surface area contributed by atoms with E-state index in [4.69, 9.17) is 15.2 Å². The lowest BCUT2D eigenvalue weighted by Crippen LogP contribution is -2.51. The quantitative estimate of drug-likeness (QED) is 0.454. The van der Waals surface area contributed by atoms with Crippen molar-refractivity contribution in [3.05, 3.63) is 18.6 Å². The Morgan fingerprint density at radius 2 is 1.76 bits per heavy atom. The van der Waals surface area contributed by atoms with Crippen LogP contribution in [0.4, 0.5) is 14.6 Å². The van der Waals surface area contributed by atoms with Gasteiger partial charge in [0.1, 0.15) is 23.9 Å². The second-order valence-corrected chi connectivity index (χ2v) is 12.6. The number of rotatable bonds is 8. The fraction of sp³-hybridized carbons (Fsp3) is 0.724. The number of hydrogen-bond donors (Lipinski definition) is 2. The van der Waals surface area contributed by atoms with E-state index in [-0.39, 0.29) is 30.7 Å². The standard InChI is InChI=1S/C29H42F2N6O4/c1-17(2)26(38)40-22-19(5-11-36-15-29(30,31)14-28(36)7-9-33-10-8-28)13-21(23(22)41-27(39)18(3)4)37-12-6-20-24(32)34-16-35-25(20)37/h6,12,16-19,21-23,33H,5,7-11,13-15H2,1-4H3,(H2,32,34,35)/t19-,21+,22+,23-/m0/s1. The first-order chi connectivity index (χ1) is 19.4. The lowest BCUT2D eigenvalue weighted by atomic mass is 9.84. The summed E-state index contributed by atoms with van der Waals surface area (Å²) in [7, 11) is 0. The molecular weight excluding hydrogens is 534 g/mol. The minimum absolute atomic E-state index is 0.133. The number of aromatic nitrogens is 3. The molecule has 1 spiro atoms. The van der Waals surface area contributed by atoms with Crippen molar-refractivity contribution < 1.29 is 27.8 Å². The topological polar surface area (TPSA) is 125 Å². The van der Waals surface area contributed by atoms with Crippen LogP contribution in [0.3, 0.4) is 0 Å². The Kier molecular flexibility index (Phi) is 8.26. The number of anilines is 1. The summed E-state index contributed by atoms with van der Waals surface area (Å²) in [5.74, 6) is -4.19. The first kappa shape index (κ1) is 29.6. The largest absolute Gasteiger partial charge is 0.458 e. The summed E-state index contributed by atoms with van der Waals surface area (Å²) in [6.45, 7) is 8.61. The molecule has 12 heteroatoms. The average Bonchev–Trinajstić information content (AvgIpc) is 3.55. The van der Waals surface area contributed by atoms with E-state index in [0.29, 0.717) is 62.2 Å². The Labute approximate surface area is 239 Å². The van der Waals surface area contributed by atoms with E-state index in [2.05, 4.69) is 15.3 Å². The highest BCUT2D eigenvalue weighted by Gasteiger charge is 2.55. The summed E-state index contributed by atoms with van der Waals surface area (Å²) < 4.78 is 43.6. The molecule has 3 fully saturated rings. The Bertz CT molecular complexity index is 1260. The van der Waals surface area contributed by atoms with Gasteiger partial charge in [-0.2, -0.15) is 0 Å². The van der Waals surface area contributed by atoms with Gasteiger partial charge in [0.05, 0.1) is 29.8 Å². The van der Waals surface area contributed by atoms with E-state index >= 15 is 0 Å². The Morgan fingerprint density at radius 1 is 1.10 bits per heavy atom. The number of carbonyl (C=O) groups is 2. The van der Waals surface area contributed by atoms with Crippen molar-refractivity contribution in [1.29, 1.82) is 0 Å². The van der Waals surface area contributed by atoms with Gasteiger partial charge in [-0.3, -0.25) is 14.5 Å². The van der Waals surface area contributed by atoms with Gasteiger partial charge in [-0.15, -0.1) is 0 Å². The van der Waals surface area contributed by atoms with Crippen LogP contribution in [0.25, 0.3) is 11.0 Å². The number of nitrogen functional groups attached to an aromatic ring is 1. The van der Waals surface area contributed by atoms with Gasteiger partial charge in [-0.05, 0) is 51.4 Å². The first-order valence-corrected chi connectivity index (χ1v) is 14.7. The third kappa shape index (κ3) is 5.90. The number of fused-ring (bicyclic) bond motifs is 1. The highest BCUT2D eigenvalue weighted by Crippen LogP contribution is 2.47. The monoisotopic (exact) mass is 576 g/mol. The zero-order chi connectivity index (χ0) is 29.5. The van der Waals surface area contributed by atoms with Gasteiger partial charge in [-0.1, -0.05) is 27.7 Å². The summed E-state index contributed by atoms with van der Waals surface area (Å²) in [4.78, 5) is 36.3. The van der Waals surface area contributed by atoms with Crippen LogP contribution in [0.2, 0.25) is 0 Å². The maximum absolute atomic E-state index is 14.8. The Hall–Kier alpha value is -2.86. The number of nitrogens with two attached hydrogens (primary N) is 1. The minimum Gasteiger partial charge on any atom is -0.458 e. The second kappa shape index (κ2) is 11.4. The molecule has 0 aromatic carbocycles. The predicted octanol–water partition coefficient (Wildman–Crippen LogP) is 3.56. The number of hydrogen-bond acceptors (Lipinski definition) is 9. The maximum Gasteiger partial charge on any atom is 0.308 e. The molecule has 0 radical (unpaired) electrons. The number of carbonyl (C=O) groups excluding carboxylic acids is 2. The predicted molar refractivity (Wildman–Crippen MR) is 149 cm³/mol. The molecule has 3 N–H and O–H groups in total. The van der Waals surface area contributed by atoms with Crippen molar-refractivity contribution in [1.82, 2.24) is 24.8 Å². The van der Waals surface area contributed by atoms with E-state index in [1.807, 2.05) is 21.7 Å². The van der Waals surface area contributed by atoms with Gasteiger partial charge < -0.3 is 25.1 Å². The van der Waals surface area contributed by atoms with Gasteiger partial charge in [0.2, 0.25) is 0 Å². The van der Waals surface area contributed by atoms with Crippen LogP contribution in [0.1, 0.15) is 65.8 Å². The van der Waals surface area contributed by atoms with E-state index in [1.165, 1.54) is 6.33 Å². The lowest BCUT2D eigenvalue weighted by molar-refractivity contribution is -0.173. The van der Waals surface area contributed by atoms with Crippen LogP contribution in [0.15, 0.2) is 18.6 Å². The molecule has 41 heavy (non-hydrogen) atoms. The molecule has 1 aliphatic carbocycles. The number of nitrogens with zero attached hydrogens (tertiary/aromatic N) is 4. The fourth-order valence-corrected chi connectivity index (χ4v) is 6.85. The molecule has 1 saturated carbocycles. The minimum atomic E-state index is -2.74. The SMILES string of the molecule is CC(C)C(=O)O[C@@H]1[C@@H](CCN2CC(F)(F)CC23CCNCC3)C[C@@H](n2ccc3c(N)ncnc32)[C@@H]1OC(=O)C(C)C. The van der Waals surface area contributed by atoms with Crippen LogP contribution in [-0.2, 0) is 19.1 Å². The molecule has 0 unspecified atom stereocenters. The average molecular weight is 577 g/mol. The second-order valence-electron chi connectivity index (χ2n) is 12.6. The molecule has 0 amide bonds. The number of alkyl halides is 2. The highest BCUT2D eigenvalue weighted by atomic mass is 19.3. The Balaban J connectivity index is 1.47. The van der Waals surface area contributed by atoms with Crippen LogP contribution in [-0.4, -0.2) is 81.2 Å². The number of ether oxygens (including phenoxy) is 2. The molecule has 5 rings (SSSR count). The molecule has 10 nitrogen and oxygen atoms in total. The molecule has 226 valence electrons. The number of piperidine rings is 1. The molecule has 0 bridgehead atoms. The lowest BCUT2D eigenvalue weighted by Gasteiger charge is -2.41. The van der Waals surface area contributed by atoms with E-state index < -0.39 is 41.6 Å². The maximum atomic E-state index is 14.8. The summed E-state index contributed by atoms with van der Waals surface area (Å²) in [5.41, 5.74) is 6.15. The van der Waals surface area contributed by atoms with E-state index in [9.17, 15) is 18.4 Å². The molecule has 4 heterocycles. The molecular formula is C29H42F2N6O4. The normalized spacial score (nSPS) is 27.7. The summed E-state index contributed by atoms with van der Waals surface area (Å²) in [6.07, 6.45) is 3.95. The summed E-state index contributed by atoms with van der Waals surface area (Å²) >= 11 is 0. The van der Waals surface area contributed by atoms with Gasteiger partial charge in [0.15, 0.2) is 6.10 Å². The van der Waals surface area contributed by atoms with Crippen LogP contribution in [0.5, 0.6) is 0 Å². The first-order valence-electron chi connectivity index (χ1n) is 14.7. The Morgan fingerprint density at radius 3 is 2.41 bits per heavy atom. The van der Waals surface area contributed by atoms with Crippen molar-refractivity contribution in [3.8, 4) is 0 Å². The van der Waals surface area contributed by atoms with Gasteiger partial charge in [0, 0.05) is 24.1 Å². The molecule has 3 aliphatic rings. The number of esters is 2. The van der Waals surface area contributed by atoms with Crippen molar-refractivity contribution in [2.45, 2.75) is 89.5 Å². The summed E-state index contributed by atoms with van der Waals surface area (Å²) in [6, 6.07) is 1.43. The molecule has 2 saturated heterocycles. The van der Waals surface area contributed by atoms with E-state index in [1.54, 1.807) is 27.7 Å². The van der Waals surface area contributed by atoms with Crippen LogP contribution in [0, 0.1) is 17.8 Å². The van der Waals surface area contributed by atoms with Gasteiger partial charge in [0.25, 0.3) is 5.92 Å². The van der Waals surface area contributed by atoms with Crippen molar-refractivity contribution in [2.24, 2.45) is 17.8 Å². The number of halogens is 2. The zero-order valence-electron chi connectivity index (χ0n) is 24.3. The third-order valence-electron chi connectivity index (χ3n) is 9.04. The summed E-state index contributed by atoms with van der Waals surface area (Å²) in [5, 5.41) is 3.97. The van der Waals surface area contributed by atoms with Crippen LogP contribution >= 0.6 is 0 Å². The fourth-order valence-electron chi connectivity index (χ4n) is 6.85. The molecule has 2 aromatic rings. The van der Waals surface area contributed by atoms with Crippen molar-refractivity contribution >= 4 is 28.8 Å². The van der Waals surface area contributed by atoms with Gasteiger partial charge in [-0.25, -0.2) is 18.7 Å². The number of likely N-dealkylation sites (tertiary alicyclic amines) is 1. The van der Waals surface area contributed by atoms with Crippen molar-refractivity contribution in [2.75, 3.05) is 31.9 Å². The number of nitrogens with one attached hydrogen (secondary N) is 1. The molecule has 2 aliphatic heterocycles. The smallest absolute Gasteiger partial charge is 0.308 e. The highest BCUT2D eigenvalue weighted by molar-refractivity contribution is 5.86. The van der Waals surface area contributed by atoms with Crippen molar-refractivity contribution in [3.63, 3.8) is 0 Å². The zero-order valence-corrected chi connectivity index (χ0v) is 24.3.